The first-order valence-electron chi connectivity index (χ1n) is 6.25. The third kappa shape index (κ3) is 2.87. The van der Waals surface area contributed by atoms with Gasteiger partial charge in [-0.1, -0.05) is 11.6 Å². The zero-order valence-electron chi connectivity index (χ0n) is 10.6. The molecule has 0 spiro atoms. The number of piperidine rings is 1. The van der Waals surface area contributed by atoms with Crippen LogP contribution in [-0.2, 0) is 0 Å². The van der Waals surface area contributed by atoms with Crippen molar-refractivity contribution < 1.29 is 9.72 Å². The van der Waals surface area contributed by atoms with Crippen LogP contribution >= 0.6 is 11.6 Å². The predicted octanol–water partition coefficient (Wildman–Crippen LogP) is 3.26. The summed E-state index contributed by atoms with van der Waals surface area (Å²) in [5.41, 5.74) is 0.231. The van der Waals surface area contributed by atoms with Gasteiger partial charge >= 0.3 is 0 Å². The van der Waals surface area contributed by atoms with E-state index >= 15 is 0 Å². The zero-order valence-corrected chi connectivity index (χ0v) is 11.4. The Kier molecular flexibility index (Phi) is 4.04. The van der Waals surface area contributed by atoms with Crippen LogP contribution < -0.4 is 0 Å². The fourth-order valence-corrected chi connectivity index (χ4v) is 2.60. The largest absolute Gasteiger partial charge is 0.336 e. The molecule has 6 heteroatoms. The number of carbonyl (C=O) groups is 1. The van der Waals surface area contributed by atoms with E-state index in [1.807, 2.05) is 6.92 Å². The molecule has 0 bridgehead atoms. The summed E-state index contributed by atoms with van der Waals surface area (Å²) in [5.74, 6) is -0.146. The number of hydrogen-bond acceptors (Lipinski definition) is 3. The number of benzene rings is 1. The fourth-order valence-electron chi connectivity index (χ4n) is 2.35. The Morgan fingerprint density at radius 1 is 1.47 bits per heavy atom. The molecular formula is C13H15ClN2O3. The smallest absolute Gasteiger partial charge is 0.270 e. The Bertz CT molecular complexity index is 519. The summed E-state index contributed by atoms with van der Waals surface area (Å²) in [7, 11) is 0. The molecule has 1 aromatic carbocycles. The number of nitro benzene ring substituents is 1. The maximum Gasteiger partial charge on any atom is 0.270 e. The van der Waals surface area contributed by atoms with Crippen molar-refractivity contribution in [3.05, 3.63) is 38.9 Å². The number of halogens is 1. The lowest BCUT2D eigenvalue weighted by molar-refractivity contribution is -0.384. The van der Waals surface area contributed by atoms with Gasteiger partial charge in [0.05, 0.1) is 15.5 Å². The minimum absolute atomic E-state index is 0.103. The van der Waals surface area contributed by atoms with Gasteiger partial charge in [-0.05, 0) is 32.3 Å². The van der Waals surface area contributed by atoms with Crippen molar-refractivity contribution in [3.8, 4) is 0 Å². The summed E-state index contributed by atoms with van der Waals surface area (Å²) in [6, 6.07) is 4.16. The summed E-state index contributed by atoms with van der Waals surface area (Å²) in [6.07, 6.45) is 3.09. The van der Waals surface area contributed by atoms with Crippen molar-refractivity contribution in [2.24, 2.45) is 0 Å². The van der Waals surface area contributed by atoms with Gasteiger partial charge in [0.1, 0.15) is 0 Å². The Morgan fingerprint density at radius 2 is 2.21 bits per heavy atom. The Labute approximate surface area is 116 Å². The van der Waals surface area contributed by atoms with Gasteiger partial charge in [-0.3, -0.25) is 14.9 Å². The van der Waals surface area contributed by atoms with Crippen molar-refractivity contribution in [1.82, 2.24) is 4.90 Å². The average molecular weight is 283 g/mol. The second-order valence-corrected chi connectivity index (χ2v) is 5.17. The van der Waals surface area contributed by atoms with Gasteiger partial charge in [-0.2, -0.15) is 0 Å². The molecule has 0 aliphatic carbocycles. The van der Waals surface area contributed by atoms with Crippen LogP contribution in [0.3, 0.4) is 0 Å². The molecule has 1 saturated heterocycles. The Morgan fingerprint density at radius 3 is 2.79 bits per heavy atom. The SMILES string of the molecule is CC1CCCCN1C(=O)c1ccc([N+](=O)[O-])cc1Cl. The highest BCUT2D eigenvalue weighted by molar-refractivity contribution is 6.34. The molecule has 102 valence electrons. The average Bonchev–Trinajstić information content (AvgIpc) is 2.38. The molecular weight excluding hydrogens is 268 g/mol. The van der Waals surface area contributed by atoms with Gasteiger partial charge in [0.2, 0.25) is 0 Å². The van der Waals surface area contributed by atoms with Crippen LogP contribution in [0.15, 0.2) is 18.2 Å². The van der Waals surface area contributed by atoms with E-state index in [9.17, 15) is 14.9 Å². The van der Waals surface area contributed by atoms with Crippen molar-refractivity contribution in [2.75, 3.05) is 6.54 Å². The van der Waals surface area contributed by atoms with E-state index in [1.54, 1.807) is 4.90 Å². The monoisotopic (exact) mass is 282 g/mol. The fraction of sp³-hybridized carbons (Fsp3) is 0.462. The minimum Gasteiger partial charge on any atom is -0.336 e. The number of rotatable bonds is 2. The van der Waals surface area contributed by atoms with Crippen molar-refractivity contribution >= 4 is 23.2 Å². The summed E-state index contributed by atoms with van der Waals surface area (Å²) in [4.78, 5) is 24.3. The molecule has 1 unspecified atom stereocenters. The minimum atomic E-state index is -0.524. The predicted molar refractivity (Wildman–Crippen MR) is 72.5 cm³/mol. The van der Waals surface area contributed by atoms with E-state index in [-0.39, 0.29) is 22.7 Å². The second-order valence-electron chi connectivity index (χ2n) is 4.76. The molecule has 5 nitrogen and oxygen atoms in total. The molecule has 1 amide bonds. The number of non-ortho nitro benzene ring substituents is 1. The van der Waals surface area contributed by atoms with Gasteiger partial charge in [0.25, 0.3) is 11.6 Å². The molecule has 1 atom stereocenters. The molecule has 2 rings (SSSR count). The molecule has 1 aromatic rings. The van der Waals surface area contributed by atoms with Gasteiger partial charge in [0, 0.05) is 24.7 Å². The van der Waals surface area contributed by atoms with E-state index in [4.69, 9.17) is 11.6 Å². The number of amides is 1. The van der Waals surface area contributed by atoms with Gasteiger partial charge in [0.15, 0.2) is 0 Å². The van der Waals surface area contributed by atoms with E-state index in [1.165, 1.54) is 18.2 Å². The van der Waals surface area contributed by atoms with E-state index < -0.39 is 4.92 Å². The number of nitro groups is 1. The van der Waals surface area contributed by atoms with Crippen molar-refractivity contribution in [2.45, 2.75) is 32.2 Å². The van der Waals surface area contributed by atoms with Gasteiger partial charge in [-0.15, -0.1) is 0 Å². The first-order chi connectivity index (χ1) is 9.00. The quantitative estimate of drug-likeness (QED) is 0.618. The Hall–Kier alpha value is -1.62. The highest BCUT2D eigenvalue weighted by Gasteiger charge is 2.26. The molecule has 0 N–H and O–H groups in total. The van der Waals surface area contributed by atoms with Crippen LogP contribution in [0.25, 0.3) is 0 Å². The summed E-state index contributed by atoms with van der Waals surface area (Å²) in [5, 5.41) is 10.8. The van der Waals surface area contributed by atoms with E-state index in [2.05, 4.69) is 0 Å². The topological polar surface area (TPSA) is 63.5 Å². The van der Waals surface area contributed by atoms with Crippen molar-refractivity contribution in [3.63, 3.8) is 0 Å². The zero-order chi connectivity index (χ0) is 14.0. The maximum atomic E-state index is 12.4. The second kappa shape index (κ2) is 5.57. The van der Waals surface area contributed by atoms with Crippen molar-refractivity contribution in [1.29, 1.82) is 0 Å². The van der Waals surface area contributed by atoms with Crippen LogP contribution in [0, 0.1) is 10.1 Å². The molecule has 0 saturated carbocycles. The molecule has 19 heavy (non-hydrogen) atoms. The third-order valence-electron chi connectivity index (χ3n) is 3.46. The standard InChI is InChI=1S/C13H15ClN2O3/c1-9-4-2-3-7-15(9)13(17)11-6-5-10(16(18)19)8-12(11)14/h5-6,8-9H,2-4,7H2,1H3. The molecule has 1 aliphatic rings. The maximum absolute atomic E-state index is 12.4. The lowest BCUT2D eigenvalue weighted by atomic mass is 10.0. The first-order valence-corrected chi connectivity index (χ1v) is 6.63. The highest BCUT2D eigenvalue weighted by atomic mass is 35.5. The van der Waals surface area contributed by atoms with E-state index in [0.29, 0.717) is 12.1 Å². The van der Waals surface area contributed by atoms with Crippen LogP contribution in [0.2, 0.25) is 5.02 Å². The number of likely N-dealkylation sites (tertiary alicyclic amines) is 1. The summed E-state index contributed by atoms with van der Waals surface area (Å²) in [6.45, 7) is 2.73. The van der Waals surface area contributed by atoms with Gasteiger partial charge in [-0.25, -0.2) is 0 Å². The lowest BCUT2D eigenvalue weighted by Gasteiger charge is -2.33. The molecule has 0 aromatic heterocycles. The summed E-state index contributed by atoms with van der Waals surface area (Å²) < 4.78 is 0. The molecule has 1 aliphatic heterocycles. The molecule has 0 radical (unpaired) electrons. The molecule has 1 fully saturated rings. The van der Waals surface area contributed by atoms with Gasteiger partial charge < -0.3 is 4.90 Å². The number of nitrogens with zero attached hydrogens (tertiary/aromatic N) is 2. The number of carbonyl (C=O) groups excluding carboxylic acids is 1. The summed E-state index contributed by atoms with van der Waals surface area (Å²) >= 11 is 5.98. The Balaban J connectivity index is 2.26. The van der Waals surface area contributed by atoms with Crippen LogP contribution in [0.1, 0.15) is 36.5 Å². The number of hydrogen-bond donors (Lipinski definition) is 0. The normalized spacial score (nSPS) is 19.3. The first kappa shape index (κ1) is 13.8. The van der Waals surface area contributed by atoms with Crippen LogP contribution in [-0.4, -0.2) is 28.3 Å². The van der Waals surface area contributed by atoms with Crippen LogP contribution in [0.4, 0.5) is 5.69 Å². The molecule has 1 heterocycles. The van der Waals surface area contributed by atoms with E-state index in [0.717, 1.165) is 19.3 Å². The highest BCUT2D eigenvalue weighted by Crippen LogP contribution is 2.26. The van der Waals surface area contributed by atoms with Crippen LogP contribution in [0.5, 0.6) is 0 Å². The third-order valence-corrected chi connectivity index (χ3v) is 3.77. The lowest BCUT2D eigenvalue weighted by Crippen LogP contribution is -2.42.